The molecule has 2 atom stereocenters. The number of benzene rings is 1. The number of nitrogens with one attached hydrogen (secondary N) is 1. The van der Waals surface area contributed by atoms with Gasteiger partial charge in [-0.2, -0.15) is 0 Å². The first kappa shape index (κ1) is 17.9. The molecule has 23 heavy (non-hydrogen) atoms. The highest BCUT2D eigenvalue weighted by Crippen LogP contribution is 2.08. The SMILES string of the molecule is CC(N)C(C)C(=O)NCCN1CCN(Cc2ccccc2)CC1. The van der Waals surface area contributed by atoms with E-state index in [0.29, 0.717) is 6.54 Å². The fourth-order valence-corrected chi connectivity index (χ4v) is 2.75. The molecule has 1 saturated heterocycles. The van der Waals surface area contributed by atoms with Gasteiger partial charge in [-0.05, 0) is 12.5 Å². The number of rotatable bonds is 7. The molecule has 5 nitrogen and oxygen atoms in total. The van der Waals surface area contributed by atoms with Gasteiger partial charge in [-0.15, -0.1) is 0 Å². The number of hydrogen-bond donors (Lipinski definition) is 2. The second-order valence-corrected chi connectivity index (χ2v) is 6.54. The van der Waals surface area contributed by atoms with Gasteiger partial charge in [0.1, 0.15) is 0 Å². The Morgan fingerprint density at radius 3 is 2.35 bits per heavy atom. The van der Waals surface area contributed by atoms with Crippen molar-refractivity contribution in [3.8, 4) is 0 Å². The standard InChI is InChI=1S/C18H30N4O/c1-15(16(2)19)18(23)20-8-9-21-10-12-22(13-11-21)14-17-6-4-3-5-7-17/h3-7,15-16H,8-14,19H2,1-2H3,(H,20,23). The van der Waals surface area contributed by atoms with Crippen molar-refractivity contribution in [2.45, 2.75) is 26.4 Å². The topological polar surface area (TPSA) is 61.6 Å². The molecule has 1 aromatic rings. The van der Waals surface area contributed by atoms with Gasteiger partial charge < -0.3 is 11.1 Å². The molecule has 1 heterocycles. The molecule has 1 aromatic carbocycles. The van der Waals surface area contributed by atoms with Gasteiger partial charge in [-0.3, -0.25) is 14.6 Å². The highest BCUT2D eigenvalue weighted by molar-refractivity contribution is 5.78. The minimum atomic E-state index is -0.127. The van der Waals surface area contributed by atoms with Crippen LogP contribution in [-0.2, 0) is 11.3 Å². The number of nitrogens with zero attached hydrogens (tertiary/aromatic N) is 2. The van der Waals surface area contributed by atoms with Crippen LogP contribution in [0.5, 0.6) is 0 Å². The van der Waals surface area contributed by atoms with Gasteiger partial charge in [0.15, 0.2) is 0 Å². The summed E-state index contributed by atoms with van der Waals surface area (Å²) in [5, 5.41) is 2.99. The minimum absolute atomic E-state index is 0.0581. The Bertz CT molecular complexity index is 469. The summed E-state index contributed by atoms with van der Waals surface area (Å²) in [7, 11) is 0. The quantitative estimate of drug-likeness (QED) is 0.784. The fourth-order valence-electron chi connectivity index (χ4n) is 2.75. The van der Waals surface area contributed by atoms with Crippen LogP contribution in [-0.4, -0.2) is 61.0 Å². The summed E-state index contributed by atoms with van der Waals surface area (Å²) in [5.74, 6) is -0.0690. The zero-order chi connectivity index (χ0) is 16.7. The van der Waals surface area contributed by atoms with Gasteiger partial charge in [0.05, 0.1) is 0 Å². The molecular weight excluding hydrogens is 288 g/mol. The van der Waals surface area contributed by atoms with Gasteiger partial charge in [-0.1, -0.05) is 37.3 Å². The first-order valence-corrected chi connectivity index (χ1v) is 8.58. The molecule has 1 fully saturated rings. The number of hydrogen-bond acceptors (Lipinski definition) is 4. The lowest BCUT2D eigenvalue weighted by Crippen LogP contribution is -2.48. The summed E-state index contributed by atoms with van der Waals surface area (Å²) in [6.45, 7) is 10.7. The van der Waals surface area contributed by atoms with E-state index in [1.54, 1.807) is 0 Å². The van der Waals surface area contributed by atoms with Crippen LogP contribution in [0.3, 0.4) is 0 Å². The van der Waals surface area contributed by atoms with Crippen molar-refractivity contribution in [1.82, 2.24) is 15.1 Å². The molecule has 3 N–H and O–H groups in total. The van der Waals surface area contributed by atoms with Crippen molar-refractivity contribution in [3.05, 3.63) is 35.9 Å². The highest BCUT2D eigenvalue weighted by Gasteiger charge is 2.19. The molecule has 0 spiro atoms. The number of carbonyl (C=O) groups is 1. The molecule has 1 amide bonds. The van der Waals surface area contributed by atoms with E-state index in [-0.39, 0.29) is 17.9 Å². The molecule has 2 rings (SSSR count). The molecule has 0 aromatic heterocycles. The van der Waals surface area contributed by atoms with Crippen LogP contribution in [0.4, 0.5) is 0 Å². The Labute approximate surface area is 139 Å². The van der Waals surface area contributed by atoms with Crippen LogP contribution < -0.4 is 11.1 Å². The molecule has 0 aliphatic carbocycles. The molecule has 5 heteroatoms. The van der Waals surface area contributed by atoms with E-state index in [4.69, 9.17) is 5.73 Å². The maximum absolute atomic E-state index is 11.9. The van der Waals surface area contributed by atoms with Gasteiger partial charge in [0, 0.05) is 57.8 Å². The molecule has 1 aliphatic rings. The van der Waals surface area contributed by atoms with Gasteiger partial charge in [0.2, 0.25) is 5.91 Å². The largest absolute Gasteiger partial charge is 0.355 e. The summed E-state index contributed by atoms with van der Waals surface area (Å²) in [5.41, 5.74) is 7.13. The zero-order valence-electron chi connectivity index (χ0n) is 14.4. The van der Waals surface area contributed by atoms with E-state index >= 15 is 0 Å². The molecule has 2 unspecified atom stereocenters. The second kappa shape index (κ2) is 9.01. The van der Waals surface area contributed by atoms with Crippen molar-refractivity contribution >= 4 is 5.91 Å². The highest BCUT2D eigenvalue weighted by atomic mass is 16.1. The van der Waals surface area contributed by atoms with E-state index in [1.807, 2.05) is 13.8 Å². The third-order valence-corrected chi connectivity index (χ3v) is 4.64. The van der Waals surface area contributed by atoms with Gasteiger partial charge in [-0.25, -0.2) is 0 Å². The third-order valence-electron chi connectivity index (χ3n) is 4.64. The summed E-state index contributed by atoms with van der Waals surface area (Å²) in [6, 6.07) is 10.5. The van der Waals surface area contributed by atoms with Crippen molar-refractivity contribution in [1.29, 1.82) is 0 Å². The van der Waals surface area contributed by atoms with Crippen molar-refractivity contribution in [3.63, 3.8) is 0 Å². The first-order chi connectivity index (χ1) is 11.1. The van der Waals surface area contributed by atoms with Gasteiger partial charge in [0.25, 0.3) is 0 Å². The van der Waals surface area contributed by atoms with E-state index in [2.05, 4.69) is 45.4 Å². The van der Waals surface area contributed by atoms with Crippen LogP contribution >= 0.6 is 0 Å². The Morgan fingerprint density at radius 2 is 1.74 bits per heavy atom. The summed E-state index contributed by atoms with van der Waals surface area (Å²) in [6.07, 6.45) is 0. The molecular formula is C18H30N4O. The lowest BCUT2D eigenvalue weighted by Gasteiger charge is -2.34. The lowest BCUT2D eigenvalue weighted by molar-refractivity contribution is -0.125. The Morgan fingerprint density at radius 1 is 1.13 bits per heavy atom. The van der Waals surface area contributed by atoms with E-state index in [1.165, 1.54) is 5.56 Å². The number of piperazine rings is 1. The lowest BCUT2D eigenvalue weighted by atomic mass is 10.0. The number of nitrogens with two attached hydrogens (primary N) is 1. The average Bonchev–Trinajstić information content (AvgIpc) is 2.56. The zero-order valence-corrected chi connectivity index (χ0v) is 14.4. The maximum Gasteiger partial charge on any atom is 0.224 e. The molecule has 0 radical (unpaired) electrons. The summed E-state index contributed by atoms with van der Waals surface area (Å²) < 4.78 is 0. The maximum atomic E-state index is 11.9. The Balaban J connectivity index is 1.62. The van der Waals surface area contributed by atoms with E-state index < -0.39 is 0 Å². The van der Waals surface area contributed by atoms with Crippen molar-refractivity contribution in [2.75, 3.05) is 39.3 Å². The van der Waals surface area contributed by atoms with E-state index in [9.17, 15) is 4.79 Å². The van der Waals surface area contributed by atoms with Crippen LogP contribution in [0.1, 0.15) is 19.4 Å². The minimum Gasteiger partial charge on any atom is -0.355 e. The normalized spacial score (nSPS) is 19.3. The second-order valence-electron chi connectivity index (χ2n) is 6.54. The predicted octanol–water partition coefficient (Wildman–Crippen LogP) is 0.904. The Kier molecular flexibility index (Phi) is 7.02. The van der Waals surface area contributed by atoms with Crippen LogP contribution in [0, 0.1) is 5.92 Å². The molecule has 1 aliphatic heterocycles. The monoisotopic (exact) mass is 318 g/mol. The van der Waals surface area contributed by atoms with Crippen molar-refractivity contribution in [2.24, 2.45) is 11.7 Å². The van der Waals surface area contributed by atoms with Crippen LogP contribution in [0.15, 0.2) is 30.3 Å². The Hall–Kier alpha value is -1.43. The summed E-state index contributed by atoms with van der Waals surface area (Å²) in [4.78, 5) is 16.8. The predicted molar refractivity (Wildman–Crippen MR) is 94.0 cm³/mol. The number of amides is 1. The van der Waals surface area contributed by atoms with Crippen LogP contribution in [0.2, 0.25) is 0 Å². The first-order valence-electron chi connectivity index (χ1n) is 8.58. The molecule has 0 saturated carbocycles. The van der Waals surface area contributed by atoms with Crippen LogP contribution in [0.25, 0.3) is 0 Å². The smallest absolute Gasteiger partial charge is 0.224 e. The third kappa shape index (κ3) is 5.94. The van der Waals surface area contributed by atoms with E-state index in [0.717, 1.165) is 39.3 Å². The van der Waals surface area contributed by atoms with Crippen molar-refractivity contribution < 1.29 is 4.79 Å². The summed E-state index contributed by atoms with van der Waals surface area (Å²) >= 11 is 0. The average molecular weight is 318 g/mol. The number of carbonyl (C=O) groups excluding carboxylic acids is 1. The fraction of sp³-hybridized carbons (Fsp3) is 0.611. The van der Waals surface area contributed by atoms with Gasteiger partial charge >= 0.3 is 0 Å². The molecule has 0 bridgehead atoms. The molecule has 128 valence electrons.